The summed E-state index contributed by atoms with van der Waals surface area (Å²) in [5, 5.41) is 17.0. The summed E-state index contributed by atoms with van der Waals surface area (Å²) in [5.41, 5.74) is -0.727. The van der Waals surface area contributed by atoms with Crippen molar-refractivity contribution in [3.8, 4) is 6.07 Å². The lowest BCUT2D eigenvalue weighted by atomic mass is 9.62. The first-order valence-electron chi connectivity index (χ1n) is 12.2. The van der Waals surface area contributed by atoms with Gasteiger partial charge in [-0.1, -0.05) is 62.2 Å². The van der Waals surface area contributed by atoms with Gasteiger partial charge in [-0.05, 0) is 54.7 Å². The molecule has 0 saturated carbocycles. The van der Waals surface area contributed by atoms with Crippen LogP contribution in [-0.4, -0.2) is 23.0 Å². The maximum absolute atomic E-state index is 15.7. The van der Waals surface area contributed by atoms with Crippen molar-refractivity contribution in [2.24, 2.45) is 5.41 Å². The van der Waals surface area contributed by atoms with Crippen LogP contribution < -0.4 is 10.6 Å². The first-order chi connectivity index (χ1) is 17.9. The Bertz CT molecular complexity index is 1400. The molecule has 1 saturated heterocycles. The highest BCUT2D eigenvalue weighted by Gasteiger charge is 2.61. The maximum Gasteiger partial charge on any atom is 0.242 e. The van der Waals surface area contributed by atoms with Gasteiger partial charge in [-0.25, -0.2) is 8.78 Å². The van der Waals surface area contributed by atoms with E-state index < -0.39 is 41.0 Å². The number of nitriles is 1. The third kappa shape index (κ3) is 5.26. The second kappa shape index (κ2) is 10.6. The van der Waals surface area contributed by atoms with Crippen LogP contribution in [0.1, 0.15) is 49.9 Å². The third-order valence-corrected chi connectivity index (χ3v) is 7.44. The number of rotatable bonds is 5. The van der Waals surface area contributed by atoms with E-state index >= 15 is 8.78 Å². The molecule has 1 amide bonds. The lowest BCUT2D eigenvalue weighted by Gasteiger charge is -2.37. The van der Waals surface area contributed by atoms with Crippen LogP contribution in [0.3, 0.4) is 0 Å². The minimum absolute atomic E-state index is 0.0304. The summed E-state index contributed by atoms with van der Waals surface area (Å²) in [6.45, 7) is 7.77. The summed E-state index contributed by atoms with van der Waals surface area (Å²) in [7, 11) is 0. The van der Waals surface area contributed by atoms with E-state index in [0.29, 0.717) is 12.1 Å². The van der Waals surface area contributed by atoms with Gasteiger partial charge in [0.25, 0.3) is 0 Å². The number of amides is 1. The molecule has 1 aliphatic heterocycles. The summed E-state index contributed by atoms with van der Waals surface area (Å²) in [6.07, 6.45) is 1.90. The van der Waals surface area contributed by atoms with Gasteiger partial charge < -0.3 is 10.6 Å². The zero-order valence-electron chi connectivity index (χ0n) is 21.4. The zero-order valence-corrected chi connectivity index (χ0v) is 23.0. The molecule has 3 aromatic rings. The number of nitrogens with zero attached hydrogens (tertiary/aromatic N) is 2. The van der Waals surface area contributed by atoms with Crippen LogP contribution in [-0.2, 0) is 10.2 Å². The number of nitrogens with one attached hydrogen (secondary N) is 2. The molecular weight excluding hydrogens is 529 g/mol. The molecule has 0 aliphatic carbocycles. The van der Waals surface area contributed by atoms with Crippen molar-refractivity contribution < 1.29 is 13.6 Å². The molecule has 4 unspecified atom stereocenters. The second-order valence-electron chi connectivity index (χ2n) is 10.9. The highest BCUT2D eigenvalue weighted by molar-refractivity contribution is 6.31. The van der Waals surface area contributed by atoms with Crippen molar-refractivity contribution in [1.29, 1.82) is 5.26 Å². The molecule has 2 heterocycles. The van der Waals surface area contributed by atoms with Gasteiger partial charge in [0.2, 0.25) is 5.91 Å². The molecule has 1 aromatic heterocycles. The molecule has 9 heteroatoms. The number of aryl methyl sites for hydroxylation is 1. The van der Waals surface area contributed by atoms with Crippen LogP contribution in [0.5, 0.6) is 0 Å². The highest BCUT2D eigenvalue weighted by Crippen LogP contribution is 2.52. The van der Waals surface area contributed by atoms with Crippen LogP contribution in [0.4, 0.5) is 14.5 Å². The monoisotopic (exact) mass is 556 g/mol. The summed E-state index contributed by atoms with van der Waals surface area (Å²) in [5.74, 6) is -3.12. The molecule has 1 fully saturated rings. The Labute approximate surface area is 231 Å². The molecular formula is C29H28Cl2F2N4O. The Morgan fingerprint density at radius 1 is 1.18 bits per heavy atom. The molecule has 1 aliphatic rings. The largest absolute Gasteiger partial charge is 0.323 e. The van der Waals surface area contributed by atoms with E-state index in [4.69, 9.17) is 23.2 Å². The van der Waals surface area contributed by atoms with Gasteiger partial charge in [0.15, 0.2) is 0 Å². The molecule has 0 radical (unpaired) electrons. The predicted octanol–water partition coefficient (Wildman–Crippen LogP) is 6.94. The molecule has 198 valence electrons. The number of anilines is 1. The van der Waals surface area contributed by atoms with Crippen LogP contribution in [0.2, 0.25) is 10.0 Å². The predicted molar refractivity (Wildman–Crippen MR) is 145 cm³/mol. The van der Waals surface area contributed by atoms with Gasteiger partial charge in [-0.3, -0.25) is 9.78 Å². The fourth-order valence-electron chi connectivity index (χ4n) is 5.32. The summed E-state index contributed by atoms with van der Waals surface area (Å²) in [6, 6.07) is 12.4. The fraction of sp³-hybridized carbons (Fsp3) is 0.345. The number of halogens is 4. The van der Waals surface area contributed by atoms with E-state index in [1.54, 1.807) is 18.2 Å². The molecule has 2 N–H and O–H groups in total. The van der Waals surface area contributed by atoms with E-state index in [9.17, 15) is 10.1 Å². The van der Waals surface area contributed by atoms with Crippen LogP contribution in [0, 0.1) is 35.3 Å². The first kappa shape index (κ1) is 28.0. The molecule has 0 spiro atoms. The average Bonchev–Trinajstić information content (AvgIpc) is 3.15. The first-order valence-corrected chi connectivity index (χ1v) is 12.9. The number of aromatic nitrogens is 1. The van der Waals surface area contributed by atoms with Gasteiger partial charge in [-0.2, -0.15) is 5.26 Å². The van der Waals surface area contributed by atoms with E-state index in [1.807, 2.05) is 27.7 Å². The number of hydrogen-bond donors (Lipinski definition) is 2. The Kier molecular flexibility index (Phi) is 7.81. The number of hydrogen-bond acceptors (Lipinski definition) is 4. The third-order valence-electron chi connectivity index (χ3n) is 6.91. The topological polar surface area (TPSA) is 77.8 Å². The van der Waals surface area contributed by atoms with Gasteiger partial charge in [0, 0.05) is 28.2 Å². The Hall–Kier alpha value is -3.05. The van der Waals surface area contributed by atoms with Crippen molar-refractivity contribution >= 4 is 34.8 Å². The Balaban J connectivity index is 1.96. The standard InChI is InChI=1S/C29H28Cl2F2N4O/c1-16-8-10-18(14-35-16)36-27(38)26-24(19-6-5-7-21(31)25(19)33)29(15-34,23(37-26)13-28(2,3)4)20-11-9-17(30)12-22(20)32/h5-12,14,23-24,26,37H,13H2,1-4H3,(H,36,38). The van der Waals surface area contributed by atoms with E-state index in [1.165, 1.54) is 30.5 Å². The highest BCUT2D eigenvalue weighted by atomic mass is 35.5. The van der Waals surface area contributed by atoms with Crippen molar-refractivity contribution in [3.05, 3.63) is 93.2 Å². The molecule has 5 nitrogen and oxygen atoms in total. The van der Waals surface area contributed by atoms with Crippen LogP contribution in [0.15, 0.2) is 54.7 Å². The number of benzene rings is 2. The smallest absolute Gasteiger partial charge is 0.242 e. The molecule has 38 heavy (non-hydrogen) atoms. The molecule has 4 rings (SSSR count). The lowest BCUT2D eigenvalue weighted by molar-refractivity contribution is -0.118. The van der Waals surface area contributed by atoms with Gasteiger partial charge >= 0.3 is 0 Å². The minimum Gasteiger partial charge on any atom is -0.323 e. The van der Waals surface area contributed by atoms with Crippen LogP contribution in [0.25, 0.3) is 0 Å². The fourth-order valence-corrected chi connectivity index (χ4v) is 5.66. The van der Waals surface area contributed by atoms with Crippen molar-refractivity contribution in [3.63, 3.8) is 0 Å². The number of pyridine rings is 1. The molecule has 0 bridgehead atoms. The lowest BCUT2D eigenvalue weighted by Crippen LogP contribution is -2.45. The van der Waals surface area contributed by atoms with Crippen molar-refractivity contribution in [2.45, 2.75) is 57.5 Å². The average molecular weight is 557 g/mol. The number of carbonyl (C=O) groups is 1. The van der Waals surface area contributed by atoms with E-state index in [0.717, 1.165) is 11.8 Å². The summed E-state index contributed by atoms with van der Waals surface area (Å²) < 4.78 is 31.3. The second-order valence-corrected chi connectivity index (χ2v) is 11.7. The summed E-state index contributed by atoms with van der Waals surface area (Å²) >= 11 is 12.2. The van der Waals surface area contributed by atoms with Crippen molar-refractivity contribution in [2.75, 3.05) is 5.32 Å². The quantitative estimate of drug-likeness (QED) is 0.357. The van der Waals surface area contributed by atoms with E-state index in [2.05, 4.69) is 21.7 Å². The Morgan fingerprint density at radius 3 is 2.53 bits per heavy atom. The van der Waals surface area contributed by atoms with Gasteiger partial charge in [0.05, 0.1) is 29.0 Å². The summed E-state index contributed by atoms with van der Waals surface area (Å²) in [4.78, 5) is 18.0. The van der Waals surface area contributed by atoms with Gasteiger partial charge in [-0.15, -0.1) is 0 Å². The van der Waals surface area contributed by atoms with E-state index in [-0.39, 0.29) is 26.6 Å². The maximum atomic E-state index is 15.7. The zero-order chi connectivity index (χ0) is 27.8. The molecule has 4 atom stereocenters. The SMILES string of the molecule is Cc1ccc(NC(=O)C2NC(CC(C)(C)C)C(C#N)(c3ccc(Cl)cc3F)C2c2cccc(Cl)c2F)cn1. The van der Waals surface area contributed by atoms with Crippen LogP contribution >= 0.6 is 23.2 Å². The number of carbonyl (C=O) groups excluding carboxylic acids is 1. The normalized spacial score (nSPS) is 23.2. The van der Waals surface area contributed by atoms with Crippen molar-refractivity contribution in [1.82, 2.24) is 10.3 Å². The van der Waals surface area contributed by atoms with Gasteiger partial charge in [0.1, 0.15) is 17.0 Å². The Morgan fingerprint density at radius 2 is 1.92 bits per heavy atom. The minimum atomic E-state index is -1.68. The molecule has 2 aromatic carbocycles.